The van der Waals surface area contributed by atoms with Gasteiger partial charge >= 0.3 is 0 Å². The molecule has 0 heterocycles. The van der Waals surface area contributed by atoms with E-state index < -0.39 is 8.32 Å². The first kappa shape index (κ1) is 18.0. The van der Waals surface area contributed by atoms with E-state index in [1.165, 1.54) is 12.8 Å². The zero-order chi connectivity index (χ0) is 17.0. The van der Waals surface area contributed by atoms with Gasteiger partial charge in [0.15, 0.2) is 8.32 Å². The van der Waals surface area contributed by atoms with Crippen molar-refractivity contribution >= 4 is 8.32 Å². The minimum absolute atomic E-state index is 0.245. The van der Waals surface area contributed by atoms with Crippen molar-refractivity contribution in [2.75, 3.05) is 0 Å². The summed E-state index contributed by atoms with van der Waals surface area (Å²) in [7, 11) is -1.78. The molecule has 0 spiro atoms. The van der Waals surface area contributed by atoms with Gasteiger partial charge in [-0.3, -0.25) is 0 Å². The molecular formula is C19H35NOSi. The second-order valence-corrected chi connectivity index (χ2v) is 14.7. The van der Waals surface area contributed by atoms with E-state index >= 15 is 0 Å². The third-order valence-corrected chi connectivity index (χ3v) is 12.2. The molecule has 22 heavy (non-hydrogen) atoms. The minimum atomic E-state index is -1.78. The zero-order valence-electron chi connectivity index (χ0n) is 15.9. The van der Waals surface area contributed by atoms with E-state index in [4.69, 9.17) is 9.69 Å². The molecule has 2 rings (SSSR count). The molecule has 2 fully saturated rings. The predicted molar refractivity (Wildman–Crippen MR) is 95.0 cm³/mol. The fourth-order valence-corrected chi connectivity index (χ4v) is 6.22. The van der Waals surface area contributed by atoms with Crippen LogP contribution >= 0.6 is 0 Å². The summed E-state index contributed by atoms with van der Waals surface area (Å²) in [6, 6.07) is 2.36. The Morgan fingerprint density at radius 1 is 1.23 bits per heavy atom. The Kier molecular flexibility index (Phi) is 4.38. The molecule has 0 amide bonds. The molecule has 2 aliphatic carbocycles. The molecule has 3 heteroatoms. The Labute approximate surface area is 138 Å². The fourth-order valence-electron chi connectivity index (χ4n) is 4.80. The number of hydrogen-bond donors (Lipinski definition) is 0. The molecule has 0 saturated heterocycles. The topological polar surface area (TPSA) is 33.0 Å². The summed E-state index contributed by atoms with van der Waals surface area (Å²) < 4.78 is 6.97. The average Bonchev–Trinajstić information content (AvgIpc) is 2.67. The van der Waals surface area contributed by atoms with Gasteiger partial charge in [-0.2, -0.15) is 5.26 Å². The van der Waals surface area contributed by atoms with Crippen LogP contribution in [0.1, 0.15) is 67.2 Å². The molecule has 0 radical (unpaired) electrons. The number of nitrogens with zero attached hydrogens (tertiary/aromatic N) is 1. The standard InChI is InChI=1S/C19H35NOSi/c1-17(2,3)22(7,8)21-16-14(10-9-13-20)15-11-12-19(16,6)18(15,4)5/h14-16H,9-12H2,1-8H3/t14-,15+,16+,19-/m0/s1. The highest BCUT2D eigenvalue weighted by atomic mass is 28.4. The molecule has 2 saturated carbocycles. The summed E-state index contributed by atoms with van der Waals surface area (Å²) in [4.78, 5) is 0. The van der Waals surface area contributed by atoms with Crippen LogP contribution in [0.4, 0.5) is 0 Å². The zero-order valence-corrected chi connectivity index (χ0v) is 16.9. The summed E-state index contributed by atoms with van der Waals surface area (Å²) in [6.45, 7) is 19.1. The minimum Gasteiger partial charge on any atom is -0.413 e. The molecule has 0 unspecified atom stereocenters. The lowest BCUT2D eigenvalue weighted by Gasteiger charge is -2.47. The highest BCUT2D eigenvalue weighted by Gasteiger charge is 2.67. The summed E-state index contributed by atoms with van der Waals surface area (Å²) in [5, 5.41) is 9.30. The molecule has 0 aromatic rings. The lowest BCUT2D eigenvalue weighted by molar-refractivity contribution is -0.00226. The smallest absolute Gasteiger partial charge is 0.192 e. The largest absolute Gasteiger partial charge is 0.413 e. The summed E-state index contributed by atoms with van der Waals surface area (Å²) >= 11 is 0. The fraction of sp³-hybridized carbons (Fsp3) is 0.947. The van der Waals surface area contributed by atoms with Crippen LogP contribution in [0.5, 0.6) is 0 Å². The van der Waals surface area contributed by atoms with Crippen LogP contribution in [0.25, 0.3) is 0 Å². The van der Waals surface area contributed by atoms with Gasteiger partial charge in [-0.05, 0) is 60.1 Å². The predicted octanol–water partition coefficient (Wildman–Crippen LogP) is 5.75. The van der Waals surface area contributed by atoms with Crippen molar-refractivity contribution in [2.24, 2.45) is 22.7 Å². The first-order valence-corrected chi connectivity index (χ1v) is 11.8. The molecule has 2 nitrogen and oxygen atoms in total. The van der Waals surface area contributed by atoms with Crippen molar-refractivity contribution in [1.29, 1.82) is 5.26 Å². The maximum atomic E-state index is 9.06. The van der Waals surface area contributed by atoms with Crippen LogP contribution in [0.3, 0.4) is 0 Å². The first-order valence-electron chi connectivity index (χ1n) is 8.93. The number of rotatable bonds is 4. The van der Waals surface area contributed by atoms with E-state index in [9.17, 15) is 0 Å². The second kappa shape index (κ2) is 5.35. The molecular weight excluding hydrogens is 286 g/mol. The first-order chi connectivity index (χ1) is 9.88. The van der Waals surface area contributed by atoms with Crippen LogP contribution in [-0.2, 0) is 4.43 Å². The van der Waals surface area contributed by atoms with Gasteiger partial charge in [-0.25, -0.2) is 0 Å². The summed E-state index contributed by atoms with van der Waals surface area (Å²) in [5.74, 6) is 1.29. The highest BCUT2D eigenvalue weighted by molar-refractivity contribution is 6.74. The van der Waals surface area contributed by atoms with E-state index in [0.29, 0.717) is 23.9 Å². The normalized spacial score (nSPS) is 37.3. The Bertz CT molecular complexity index is 471. The molecule has 0 aromatic carbocycles. The maximum Gasteiger partial charge on any atom is 0.192 e. The number of hydrogen-bond acceptors (Lipinski definition) is 2. The average molecular weight is 322 g/mol. The third-order valence-electron chi connectivity index (χ3n) is 7.72. The molecule has 4 atom stereocenters. The lowest BCUT2D eigenvalue weighted by Crippen LogP contribution is -2.50. The van der Waals surface area contributed by atoms with Gasteiger partial charge in [-0.1, -0.05) is 41.5 Å². The third kappa shape index (κ3) is 2.47. The van der Waals surface area contributed by atoms with Crippen molar-refractivity contribution < 1.29 is 4.43 Å². The van der Waals surface area contributed by atoms with Crippen molar-refractivity contribution in [1.82, 2.24) is 0 Å². The highest BCUT2D eigenvalue weighted by Crippen LogP contribution is 2.69. The summed E-state index contributed by atoms with van der Waals surface area (Å²) in [5.41, 5.74) is 0.605. The lowest BCUT2D eigenvalue weighted by atomic mass is 9.70. The number of nitriles is 1. The Morgan fingerprint density at radius 2 is 1.82 bits per heavy atom. The Hall–Kier alpha value is -0.333. The van der Waals surface area contributed by atoms with E-state index in [-0.39, 0.29) is 10.5 Å². The van der Waals surface area contributed by atoms with Gasteiger partial charge in [0.1, 0.15) is 0 Å². The van der Waals surface area contributed by atoms with Crippen LogP contribution in [-0.4, -0.2) is 14.4 Å². The monoisotopic (exact) mass is 321 g/mol. The second-order valence-electron chi connectivity index (χ2n) is 9.94. The van der Waals surface area contributed by atoms with Crippen molar-refractivity contribution in [3.05, 3.63) is 0 Å². The summed E-state index contributed by atoms with van der Waals surface area (Å²) in [6.07, 6.45) is 4.63. The van der Waals surface area contributed by atoms with Gasteiger partial charge in [0.25, 0.3) is 0 Å². The van der Waals surface area contributed by atoms with Gasteiger partial charge in [0, 0.05) is 6.42 Å². The molecule has 0 aromatic heterocycles. The Balaban J connectivity index is 2.33. The van der Waals surface area contributed by atoms with E-state index in [1.807, 2.05) is 0 Å². The van der Waals surface area contributed by atoms with Crippen molar-refractivity contribution in [2.45, 2.75) is 91.5 Å². The molecule has 2 aliphatic rings. The van der Waals surface area contributed by atoms with Crippen LogP contribution in [0.15, 0.2) is 0 Å². The van der Waals surface area contributed by atoms with Crippen molar-refractivity contribution in [3.63, 3.8) is 0 Å². The van der Waals surface area contributed by atoms with Crippen LogP contribution < -0.4 is 0 Å². The quantitative estimate of drug-likeness (QED) is 0.617. The van der Waals surface area contributed by atoms with E-state index in [0.717, 1.165) is 12.3 Å². The SMILES string of the molecule is CC1(C)[C@@H]2CC[C@@]1(C)[C@H](O[Si](C)(C)C(C)(C)C)[C@H]2CCC#N. The van der Waals surface area contributed by atoms with Crippen molar-refractivity contribution in [3.8, 4) is 6.07 Å². The number of fused-ring (bicyclic) bond motifs is 2. The molecule has 126 valence electrons. The van der Waals surface area contributed by atoms with E-state index in [2.05, 4.69) is 60.7 Å². The maximum absolute atomic E-state index is 9.06. The molecule has 0 N–H and O–H groups in total. The Morgan fingerprint density at radius 3 is 2.32 bits per heavy atom. The molecule has 0 aliphatic heterocycles. The van der Waals surface area contributed by atoms with Gasteiger partial charge in [-0.15, -0.1) is 0 Å². The van der Waals surface area contributed by atoms with E-state index in [1.54, 1.807) is 0 Å². The van der Waals surface area contributed by atoms with Gasteiger partial charge < -0.3 is 4.43 Å². The van der Waals surface area contributed by atoms with Crippen LogP contribution in [0.2, 0.25) is 18.1 Å². The van der Waals surface area contributed by atoms with Crippen LogP contribution in [0, 0.1) is 34.0 Å². The van der Waals surface area contributed by atoms with Gasteiger partial charge in [0.2, 0.25) is 0 Å². The van der Waals surface area contributed by atoms with Gasteiger partial charge in [0.05, 0.1) is 12.2 Å². The molecule has 2 bridgehead atoms.